The summed E-state index contributed by atoms with van der Waals surface area (Å²) >= 11 is 5.79. The summed E-state index contributed by atoms with van der Waals surface area (Å²) in [5.74, 6) is -0.590. The Hall–Kier alpha value is -1.13. The first-order valence-corrected chi connectivity index (χ1v) is 7.92. The number of nitrogens with two attached hydrogens (primary N) is 1. The lowest BCUT2D eigenvalue weighted by atomic mass is 9.97. The molecule has 1 aliphatic heterocycles. The number of nitrogens with zero attached hydrogens (tertiary/aromatic N) is 1. The van der Waals surface area contributed by atoms with Crippen molar-refractivity contribution in [1.82, 2.24) is 4.90 Å². The van der Waals surface area contributed by atoms with E-state index >= 15 is 0 Å². The van der Waals surface area contributed by atoms with Gasteiger partial charge in [-0.1, -0.05) is 30.5 Å². The highest BCUT2D eigenvalue weighted by atomic mass is 35.5. The minimum atomic E-state index is -0.441. The lowest BCUT2D eigenvalue weighted by Gasteiger charge is -2.25. The van der Waals surface area contributed by atoms with Crippen molar-refractivity contribution >= 4 is 17.5 Å². The molecule has 0 aliphatic carbocycles. The van der Waals surface area contributed by atoms with Gasteiger partial charge in [0, 0.05) is 19.6 Å². The molecular formula is C16H22ClFN2O. The molecule has 0 aromatic heterocycles. The Kier molecular flexibility index (Phi) is 6.00. The van der Waals surface area contributed by atoms with Gasteiger partial charge in [0.05, 0.1) is 10.9 Å². The van der Waals surface area contributed by atoms with Crippen LogP contribution in [0.5, 0.6) is 0 Å². The molecule has 0 bridgehead atoms. The number of hydrogen-bond acceptors (Lipinski definition) is 2. The molecule has 1 fully saturated rings. The molecule has 1 amide bonds. The summed E-state index contributed by atoms with van der Waals surface area (Å²) in [5.41, 5.74) is 6.63. The van der Waals surface area contributed by atoms with Gasteiger partial charge in [-0.05, 0) is 37.0 Å². The maximum absolute atomic E-state index is 13.2. The average molecular weight is 313 g/mol. The van der Waals surface area contributed by atoms with Crippen molar-refractivity contribution in [3.05, 3.63) is 34.6 Å². The second kappa shape index (κ2) is 7.76. The molecular weight excluding hydrogens is 291 g/mol. The number of carbonyl (C=O) groups is 1. The van der Waals surface area contributed by atoms with Crippen LogP contribution in [0.4, 0.5) is 4.39 Å². The van der Waals surface area contributed by atoms with Gasteiger partial charge >= 0.3 is 0 Å². The summed E-state index contributed by atoms with van der Waals surface area (Å²) < 4.78 is 13.2. The van der Waals surface area contributed by atoms with Gasteiger partial charge < -0.3 is 10.6 Å². The highest BCUT2D eigenvalue weighted by molar-refractivity contribution is 6.30. The van der Waals surface area contributed by atoms with Gasteiger partial charge in [0.25, 0.3) is 0 Å². The third-order valence-electron chi connectivity index (χ3n) is 4.02. The van der Waals surface area contributed by atoms with Crippen molar-refractivity contribution < 1.29 is 9.18 Å². The van der Waals surface area contributed by atoms with Gasteiger partial charge in [0.2, 0.25) is 5.91 Å². The molecule has 1 aromatic carbocycles. The van der Waals surface area contributed by atoms with E-state index in [1.165, 1.54) is 18.9 Å². The maximum Gasteiger partial charge on any atom is 0.227 e. The molecule has 2 rings (SSSR count). The van der Waals surface area contributed by atoms with Crippen molar-refractivity contribution in [3.63, 3.8) is 0 Å². The summed E-state index contributed by atoms with van der Waals surface area (Å²) in [6.07, 6.45) is 5.00. The summed E-state index contributed by atoms with van der Waals surface area (Å²) in [4.78, 5) is 14.5. The van der Waals surface area contributed by atoms with Crippen LogP contribution >= 0.6 is 11.6 Å². The van der Waals surface area contributed by atoms with E-state index in [9.17, 15) is 9.18 Å². The highest BCUT2D eigenvalue weighted by Gasteiger charge is 2.24. The zero-order valence-corrected chi connectivity index (χ0v) is 12.9. The zero-order chi connectivity index (χ0) is 15.2. The minimum Gasteiger partial charge on any atom is -0.342 e. The van der Waals surface area contributed by atoms with E-state index < -0.39 is 5.82 Å². The van der Waals surface area contributed by atoms with Crippen molar-refractivity contribution in [2.75, 3.05) is 19.6 Å². The van der Waals surface area contributed by atoms with Gasteiger partial charge in [0.15, 0.2) is 0 Å². The molecule has 21 heavy (non-hydrogen) atoms. The number of rotatable bonds is 4. The first-order chi connectivity index (χ1) is 10.1. The van der Waals surface area contributed by atoms with Gasteiger partial charge in [-0.25, -0.2) is 4.39 Å². The van der Waals surface area contributed by atoms with E-state index in [0.29, 0.717) is 13.0 Å². The molecule has 116 valence electrons. The van der Waals surface area contributed by atoms with Crippen LogP contribution in [-0.4, -0.2) is 30.4 Å². The van der Waals surface area contributed by atoms with Gasteiger partial charge in [0.1, 0.15) is 5.82 Å². The van der Waals surface area contributed by atoms with Crippen LogP contribution < -0.4 is 5.73 Å². The molecule has 1 aliphatic rings. The molecule has 1 saturated heterocycles. The van der Waals surface area contributed by atoms with E-state index in [0.717, 1.165) is 31.5 Å². The van der Waals surface area contributed by atoms with Gasteiger partial charge in [-0.15, -0.1) is 0 Å². The first-order valence-electron chi connectivity index (χ1n) is 7.54. The molecule has 1 aromatic rings. The predicted molar refractivity (Wildman–Crippen MR) is 82.7 cm³/mol. The van der Waals surface area contributed by atoms with E-state index in [2.05, 4.69) is 0 Å². The summed E-state index contributed by atoms with van der Waals surface area (Å²) in [7, 11) is 0. The van der Waals surface area contributed by atoms with Gasteiger partial charge in [-0.3, -0.25) is 4.79 Å². The van der Waals surface area contributed by atoms with Gasteiger partial charge in [-0.2, -0.15) is 0 Å². The predicted octanol–water partition coefficient (Wildman–Crippen LogP) is 3.00. The number of halogens is 2. The van der Waals surface area contributed by atoms with Crippen LogP contribution in [0.15, 0.2) is 18.2 Å². The molecule has 1 heterocycles. The lowest BCUT2D eigenvalue weighted by Crippen LogP contribution is -2.40. The quantitative estimate of drug-likeness (QED) is 0.929. The molecule has 3 nitrogen and oxygen atoms in total. The summed E-state index contributed by atoms with van der Waals surface area (Å²) in [5, 5.41) is 0.0884. The first kappa shape index (κ1) is 16.2. The molecule has 2 N–H and O–H groups in total. The third kappa shape index (κ3) is 4.42. The second-order valence-electron chi connectivity index (χ2n) is 5.62. The Balaban J connectivity index is 2.04. The van der Waals surface area contributed by atoms with Crippen molar-refractivity contribution in [2.45, 2.75) is 32.1 Å². The zero-order valence-electron chi connectivity index (χ0n) is 12.2. The molecule has 1 unspecified atom stereocenters. The Morgan fingerprint density at radius 2 is 1.95 bits per heavy atom. The standard InChI is InChI=1S/C16H22ClFN2O/c17-14-10-12(5-6-15(14)18)9-13(11-19)16(21)20-7-3-1-2-4-8-20/h5-6,10,13H,1-4,7-9,11,19H2. The van der Waals surface area contributed by atoms with Crippen LogP contribution in [0, 0.1) is 11.7 Å². The Morgan fingerprint density at radius 3 is 2.52 bits per heavy atom. The van der Waals surface area contributed by atoms with E-state index in [-0.39, 0.29) is 16.8 Å². The fourth-order valence-corrected chi connectivity index (χ4v) is 2.97. The second-order valence-corrected chi connectivity index (χ2v) is 6.03. The summed E-state index contributed by atoms with van der Waals surface area (Å²) in [6.45, 7) is 1.93. The Bertz CT molecular complexity index is 487. The molecule has 5 heteroatoms. The number of hydrogen-bond donors (Lipinski definition) is 1. The summed E-state index contributed by atoms with van der Waals surface area (Å²) in [6, 6.07) is 4.58. The molecule has 0 saturated carbocycles. The van der Waals surface area contributed by atoms with E-state index in [1.807, 2.05) is 4.90 Å². The number of carbonyl (C=O) groups excluding carboxylic acids is 1. The Labute approximate surface area is 130 Å². The smallest absolute Gasteiger partial charge is 0.227 e. The SMILES string of the molecule is NCC(Cc1ccc(F)c(Cl)c1)C(=O)N1CCCCCC1. The van der Waals surface area contributed by atoms with E-state index in [4.69, 9.17) is 17.3 Å². The molecule has 0 spiro atoms. The third-order valence-corrected chi connectivity index (χ3v) is 4.31. The number of amides is 1. The molecule has 1 atom stereocenters. The van der Waals surface area contributed by atoms with E-state index in [1.54, 1.807) is 12.1 Å². The fourth-order valence-electron chi connectivity index (χ4n) is 2.77. The van der Waals surface area contributed by atoms with Crippen LogP contribution in [0.2, 0.25) is 5.02 Å². The monoisotopic (exact) mass is 312 g/mol. The topological polar surface area (TPSA) is 46.3 Å². The van der Waals surface area contributed by atoms with Crippen LogP contribution in [0.1, 0.15) is 31.2 Å². The Morgan fingerprint density at radius 1 is 1.29 bits per heavy atom. The normalized spacial score (nSPS) is 17.4. The largest absolute Gasteiger partial charge is 0.342 e. The number of likely N-dealkylation sites (tertiary alicyclic amines) is 1. The fraction of sp³-hybridized carbons (Fsp3) is 0.562. The van der Waals surface area contributed by atoms with Crippen molar-refractivity contribution in [3.8, 4) is 0 Å². The highest BCUT2D eigenvalue weighted by Crippen LogP contribution is 2.20. The average Bonchev–Trinajstić information content (AvgIpc) is 2.77. The minimum absolute atomic E-state index is 0.0884. The van der Waals surface area contributed by atoms with Crippen LogP contribution in [0.3, 0.4) is 0 Å². The van der Waals surface area contributed by atoms with Crippen molar-refractivity contribution in [1.29, 1.82) is 0 Å². The molecule has 0 radical (unpaired) electrons. The van der Waals surface area contributed by atoms with Crippen molar-refractivity contribution in [2.24, 2.45) is 11.7 Å². The van der Waals surface area contributed by atoms with Crippen LogP contribution in [0.25, 0.3) is 0 Å². The number of benzene rings is 1. The maximum atomic E-state index is 13.2. The lowest BCUT2D eigenvalue weighted by molar-refractivity contribution is -0.135. The van der Waals surface area contributed by atoms with Crippen LogP contribution in [-0.2, 0) is 11.2 Å².